The average molecular weight is 305 g/mol. The summed E-state index contributed by atoms with van der Waals surface area (Å²) in [6, 6.07) is 6.32. The lowest BCUT2D eigenvalue weighted by Gasteiger charge is -2.24. The van der Waals surface area contributed by atoms with E-state index in [1.807, 2.05) is 13.8 Å². The Morgan fingerprint density at radius 3 is 2.18 bits per heavy atom. The SMILES string of the molecule is Cc1cc(C)cc(CCC(=O)N(CCC(=O)O)CC(C)C)c1. The smallest absolute Gasteiger partial charge is 0.305 e. The molecule has 1 N–H and O–H groups in total. The van der Waals surface area contributed by atoms with Gasteiger partial charge in [-0.05, 0) is 31.7 Å². The summed E-state index contributed by atoms with van der Waals surface area (Å²) in [4.78, 5) is 24.8. The van der Waals surface area contributed by atoms with Gasteiger partial charge < -0.3 is 10.0 Å². The first-order chi connectivity index (χ1) is 10.3. The van der Waals surface area contributed by atoms with Crippen LogP contribution in [0.4, 0.5) is 0 Å². The fourth-order valence-electron chi connectivity index (χ4n) is 2.61. The van der Waals surface area contributed by atoms with E-state index in [0.29, 0.717) is 31.8 Å². The van der Waals surface area contributed by atoms with Crippen LogP contribution >= 0.6 is 0 Å². The van der Waals surface area contributed by atoms with Crippen molar-refractivity contribution in [3.63, 3.8) is 0 Å². The topological polar surface area (TPSA) is 57.6 Å². The van der Waals surface area contributed by atoms with Crippen LogP contribution in [-0.2, 0) is 16.0 Å². The largest absolute Gasteiger partial charge is 0.481 e. The van der Waals surface area contributed by atoms with Crippen LogP contribution in [0.5, 0.6) is 0 Å². The molecule has 0 aliphatic carbocycles. The third kappa shape index (κ3) is 6.74. The first-order valence-electron chi connectivity index (χ1n) is 7.84. The molecule has 22 heavy (non-hydrogen) atoms. The average Bonchev–Trinajstić information content (AvgIpc) is 2.39. The van der Waals surface area contributed by atoms with Crippen molar-refractivity contribution in [2.45, 2.75) is 47.0 Å². The molecule has 1 aromatic carbocycles. The van der Waals surface area contributed by atoms with Crippen LogP contribution in [0.25, 0.3) is 0 Å². The van der Waals surface area contributed by atoms with E-state index in [-0.39, 0.29) is 12.3 Å². The number of aryl methyl sites for hydroxylation is 3. The number of benzene rings is 1. The second-order valence-electron chi connectivity index (χ2n) is 6.37. The van der Waals surface area contributed by atoms with Crippen molar-refractivity contribution in [2.24, 2.45) is 5.92 Å². The molecule has 0 atom stereocenters. The Morgan fingerprint density at radius 1 is 1.09 bits per heavy atom. The standard InChI is InChI=1S/C18H27NO3/c1-13(2)12-19(8-7-18(21)22)17(20)6-5-16-10-14(3)9-15(4)11-16/h9-11,13H,5-8,12H2,1-4H3,(H,21,22). The molecule has 0 aliphatic rings. The van der Waals surface area contributed by atoms with Crippen LogP contribution < -0.4 is 0 Å². The maximum atomic E-state index is 12.4. The van der Waals surface area contributed by atoms with Gasteiger partial charge in [0.25, 0.3) is 0 Å². The summed E-state index contributed by atoms with van der Waals surface area (Å²) in [7, 11) is 0. The molecule has 122 valence electrons. The lowest BCUT2D eigenvalue weighted by atomic mass is 10.0. The van der Waals surface area contributed by atoms with Gasteiger partial charge in [-0.1, -0.05) is 43.2 Å². The number of amides is 1. The van der Waals surface area contributed by atoms with Crippen molar-refractivity contribution in [3.05, 3.63) is 34.9 Å². The van der Waals surface area contributed by atoms with E-state index in [2.05, 4.69) is 32.0 Å². The molecule has 0 saturated heterocycles. The van der Waals surface area contributed by atoms with Gasteiger partial charge in [-0.2, -0.15) is 0 Å². The van der Waals surface area contributed by atoms with Gasteiger partial charge in [0.05, 0.1) is 6.42 Å². The van der Waals surface area contributed by atoms with Crippen LogP contribution in [0.2, 0.25) is 0 Å². The number of hydrogen-bond donors (Lipinski definition) is 1. The normalized spacial score (nSPS) is 10.8. The third-order valence-corrected chi connectivity index (χ3v) is 3.44. The zero-order chi connectivity index (χ0) is 16.7. The van der Waals surface area contributed by atoms with E-state index in [4.69, 9.17) is 5.11 Å². The molecule has 0 aromatic heterocycles. The molecule has 0 radical (unpaired) electrons. The Bertz CT molecular complexity index is 503. The van der Waals surface area contributed by atoms with Crippen molar-refractivity contribution in [1.82, 2.24) is 4.90 Å². The van der Waals surface area contributed by atoms with Crippen LogP contribution in [0, 0.1) is 19.8 Å². The molecular formula is C18H27NO3. The fourth-order valence-corrected chi connectivity index (χ4v) is 2.61. The molecule has 0 heterocycles. The van der Waals surface area contributed by atoms with E-state index < -0.39 is 5.97 Å². The van der Waals surface area contributed by atoms with E-state index in [0.717, 1.165) is 5.56 Å². The molecule has 0 unspecified atom stereocenters. The van der Waals surface area contributed by atoms with E-state index in [9.17, 15) is 9.59 Å². The zero-order valence-corrected chi connectivity index (χ0v) is 14.1. The summed E-state index contributed by atoms with van der Waals surface area (Å²) >= 11 is 0. The van der Waals surface area contributed by atoms with E-state index in [1.165, 1.54) is 11.1 Å². The molecule has 4 nitrogen and oxygen atoms in total. The molecule has 0 aliphatic heterocycles. The third-order valence-electron chi connectivity index (χ3n) is 3.44. The van der Waals surface area contributed by atoms with Crippen LogP contribution in [0.1, 0.15) is 43.4 Å². The quantitative estimate of drug-likeness (QED) is 0.802. The fraction of sp³-hybridized carbons (Fsp3) is 0.556. The van der Waals surface area contributed by atoms with Gasteiger partial charge in [0, 0.05) is 19.5 Å². The Balaban J connectivity index is 2.63. The molecule has 1 rings (SSSR count). The lowest BCUT2D eigenvalue weighted by Crippen LogP contribution is -2.36. The first kappa shape index (κ1) is 18.2. The Hall–Kier alpha value is -1.84. The number of aliphatic carboxylic acids is 1. The Kier molecular flexibility index (Phi) is 7.09. The first-order valence-corrected chi connectivity index (χ1v) is 7.84. The second kappa shape index (κ2) is 8.57. The minimum atomic E-state index is -0.865. The highest BCUT2D eigenvalue weighted by atomic mass is 16.4. The second-order valence-corrected chi connectivity index (χ2v) is 6.37. The van der Waals surface area contributed by atoms with Crippen molar-refractivity contribution in [3.8, 4) is 0 Å². The van der Waals surface area contributed by atoms with Crippen LogP contribution in [-0.4, -0.2) is 35.0 Å². The van der Waals surface area contributed by atoms with Crippen molar-refractivity contribution in [2.75, 3.05) is 13.1 Å². The predicted octanol–water partition coefficient (Wildman–Crippen LogP) is 3.20. The van der Waals surface area contributed by atoms with Gasteiger partial charge in [0.15, 0.2) is 0 Å². The number of carbonyl (C=O) groups excluding carboxylic acids is 1. The molecule has 0 bridgehead atoms. The highest BCUT2D eigenvalue weighted by Crippen LogP contribution is 2.12. The summed E-state index contributed by atoms with van der Waals surface area (Å²) in [5.74, 6) is -0.496. The van der Waals surface area contributed by atoms with Gasteiger partial charge in [0.2, 0.25) is 5.91 Å². The van der Waals surface area contributed by atoms with Crippen molar-refractivity contribution in [1.29, 1.82) is 0 Å². The summed E-state index contributed by atoms with van der Waals surface area (Å²) in [6.45, 7) is 9.07. The molecular weight excluding hydrogens is 278 g/mol. The summed E-state index contributed by atoms with van der Waals surface area (Å²) in [5, 5.41) is 8.81. The maximum Gasteiger partial charge on any atom is 0.305 e. The van der Waals surface area contributed by atoms with Gasteiger partial charge in [-0.15, -0.1) is 0 Å². The Morgan fingerprint density at radius 2 is 1.68 bits per heavy atom. The number of carboxylic acid groups (broad SMARTS) is 1. The molecule has 0 fully saturated rings. The van der Waals surface area contributed by atoms with Crippen molar-refractivity contribution >= 4 is 11.9 Å². The minimum Gasteiger partial charge on any atom is -0.481 e. The molecule has 1 amide bonds. The maximum absolute atomic E-state index is 12.4. The molecule has 0 spiro atoms. The van der Waals surface area contributed by atoms with Crippen LogP contribution in [0.3, 0.4) is 0 Å². The molecule has 0 saturated carbocycles. The van der Waals surface area contributed by atoms with E-state index in [1.54, 1.807) is 4.90 Å². The minimum absolute atomic E-state index is 0.00200. The molecule has 1 aromatic rings. The predicted molar refractivity (Wildman–Crippen MR) is 87.9 cm³/mol. The van der Waals surface area contributed by atoms with Crippen molar-refractivity contribution < 1.29 is 14.7 Å². The highest BCUT2D eigenvalue weighted by molar-refractivity contribution is 5.77. The highest BCUT2D eigenvalue weighted by Gasteiger charge is 2.16. The lowest BCUT2D eigenvalue weighted by molar-refractivity contribution is -0.138. The summed E-state index contributed by atoms with van der Waals surface area (Å²) in [6.07, 6.45) is 1.13. The van der Waals surface area contributed by atoms with Gasteiger partial charge >= 0.3 is 5.97 Å². The number of rotatable bonds is 8. The number of carbonyl (C=O) groups is 2. The summed E-state index contributed by atoms with van der Waals surface area (Å²) in [5.41, 5.74) is 3.56. The number of hydrogen-bond acceptors (Lipinski definition) is 2. The number of nitrogens with zero attached hydrogens (tertiary/aromatic N) is 1. The number of carboxylic acids is 1. The molecule has 4 heteroatoms. The monoisotopic (exact) mass is 305 g/mol. The van der Waals surface area contributed by atoms with E-state index >= 15 is 0 Å². The zero-order valence-electron chi connectivity index (χ0n) is 14.1. The van der Waals surface area contributed by atoms with Gasteiger partial charge in [-0.25, -0.2) is 0 Å². The van der Waals surface area contributed by atoms with Gasteiger partial charge in [-0.3, -0.25) is 9.59 Å². The Labute approximate surface area is 133 Å². The van der Waals surface area contributed by atoms with Gasteiger partial charge in [0.1, 0.15) is 0 Å². The summed E-state index contributed by atoms with van der Waals surface area (Å²) < 4.78 is 0. The van der Waals surface area contributed by atoms with Crippen LogP contribution in [0.15, 0.2) is 18.2 Å².